The number of rotatable bonds is 6. The molecule has 0 unspecified atom stereocenters. The Labute approximate surface area is 137 Å². The van der Waals surface area contributed by atoms with Gasteiger partial charge < -0.3 is 9.84 Å². The van der Waals surface area contributed by atoms with Gasteiger partial charge in [0.15, 0.2) is 5.82 Å². The molecule has 0 spiro atoms. The number of aromatic nitrogens is 2. The van der Waals surface area contributed by atoms with Gasteiger partial charge in [-0.3, -0.25) is 4.79 Å². The number of nitrogens with one attached hydrogen (secondary N) is 1. The van der Waals surface area contributed by atoms with Gasteiger partial charge in [-0.05, 0) is 29.4 Å². The van der Waals surface area contributed by atoms with E-state index >= 15 is 0 Å². The first-order chi connectivity index (χ1) is 10.8. The Morgan fingerprint density at radius 2 is 1.91 bits per heavy atom. The highest BCUT2D eigenvalue weighted by atomic mass is 16.5. The zero-order chi connectivity index (χ0) is 16.9. The van der Waals surface area contributed by atoms with Crippen LogP contribution in [0, 0.1) is 6.92 Å². The van der Waals surface area contributed by atoms with Crippen LogP contribution in [0.25, 0.3) is 0 Å². The Morgan fingerprint density at radius 3 is 2.48 bits per heavy atom. The molecule has 0 aliphatic rings. The van der Waals surface area contributed by atoms with Gasteiger partial charge in [-0.15, -0.1) is 0 Å². The lowest BCUT2D eigenvalue weighted by Gasteiger charge is -2.19. The third-order valence-electron chi connectivity index (χ3n) is 3.67. The summed E-state index contributed by atoms with van der Waals surface area (Å²) in [6.07, 6.45) is 2.02. The zero-order valence-corrected chi connectivity index (χ0v) is 14.3. The molecule has 0 aliphatic carbocycles. The van der Waals surface area contributed by atoms with Crippen LogP contribution in [0.5, 0.6) is 0 Å². The van der Waals surface area contributed by atoms with Crippen molar-refractivity contribution in [3.63, 3.8) is 0 Å². The van der Waals surface area contributed by atoms with E-state index in [0.717, 1.165) is 12.8 Å². The average molecular weight is 315 g/mol. The second-order valence-electron chi connectivity index (χ2n) is 6.81. The van der Waals surface area contributed by atoms with Gasteiger partial charge in [0.1, 0.15) is 0 Å². The molecule has 0 bridgehead atoms. The number of hydrogen-bond donors (Lipinski definition) is 1. The Hall–Kier alpha value is -2.17. The number of nitrogens with zero attached hydrogens (tertiary/aromatic N) is 2. The van der Waals surface area contributed by atoms with Crippen LogP contribution >= 0.6 is 0 Å². The van der Waals surface area contributed by atoms with Crippen molar-refractivity contribution in [1.82, 2.24) is 15.5 Å². The number of carbonyl (C=O) groups is 1. The molecule has 124 valence electrons. The van der Waals surface area contributed by atoms with Crippen molar-refractivity contribution in [2.75, 3.05) is 6.54 Å². The van der Waals surface area contributed by atoms with Crippen LogP contribution < -0.4 is 5.32 Å². The van der Waals surface area contributed by atoms with Gasteiger partial charge in [0.05, 0.1) is 6.42 Å². The van der Waals surface area contributed by atoms with E-state index in [-0.39, 0.29) is 17.7 Å². The minimum Gasteiger partial charge on any atom is -0.356 e. The van der Waals surface area contributed by atoms with E-state index in [1.54, 1.807) is 6.92 Å². The van der Waals surface area contributed by atoms with Gasteiger partial charge in [-0.1, -0.05) is 50.2 Å². The van der Waals surface area contributed by atoms with Gasteiger partial charge in [-0.25, -0.2) is 0 Å². The predicted molar refractivity (Wildman–Crippen MR) is 89.2 cm³/mol. The van der Waals surface area contributed by atoms with Crippen molar-refractivity contribution in [2.24, 2.45) is 0 Å². The van der Waals surface area contributed by atoms with Crippen LogP contribution in [0.4, 0.5) is 0 Å². The summed E-state index contributed by atoms with van der Waals surface area (Å²) in [7, 11) is 0. The second-order valence-corrected chi connectivity index (χ2v) is 6.81. The fourth-order valence-electron chi connectivity index (χ4n) is 2.31. The van der Waals surface area contributed by atoms with Crippen molar-refractivity contribution in [1.29, 1.82) is 0 Å². The summed E-state index contributed by atoms with van der Waals surface area (Å²) < 4.78 is 4.84. The topological polar surface area (TPSA) is 68.0 Å². The Balaban J connectivity index is 1.70. The molecule has 0 saturated heterocycles. The lowest BCUT2D eigenvalue weighted by atomic mass is 9.86. The summed E-state index contributed by atoms with van der Waals surface area (Å²) in [4.78, 5) is 15.8. The Bertz CT molecular complexity index is 639. The maximum absolute atomic E-state index is 11.8. The molecule has 2 rings (SSSR count). The molecule has 5 heteroatoms. The molecule has 0 radical (unpaired) electrons. The lowest BCUT2D eigenvalue weighted by molar-refractivity contribution is -0.120. The Kier molecular flexibility index (Phi) is 5.53. The monoisotopic (exact) mass is 315 g/mol. The molecular weight excluding hydrogens is 290 g/mol. The highest BCUT2D eigenvalue weighted by Crippen LogP contribution is 2.22. The van der Waals surface area contributed by atoms with Gasteiger partial charge in [0.2, 0.25) is 11.8 Å². The summed E-state index contributed by atoms with van der Waals surface area (Å²) >= 11 is 0. The normalized spacial score (nSPS) is 11.5. The van der Waals surface area contributed by atoms with Gasteiger partial charge in [-0.2, -0.15) is 4.98 Å². The first-order valence-electron chi connectivity index (χ1n) is 8.00. The van der Waals surface area contributed by atoms with E-state index in [2.05, 4.69) is 60.5 Å². The molecule has 0 atom stereocenters. The van der Waals surface area contributed by atoms with Gasteiger partial charge in [0, 0.05) is 13.5 Å². The van der Waals surface area contributed by atoms with E-state index in [0.29, 0.717) is 18.3 Å². The molecule has 23 heavy (non-hydrogen) atoms. The third kappa shape index (κ3) is 5.51. The second kappa shape index (κ2) is 7.40. The van der Waals surface area contributed by atoms with Crippen LogP contribution in [-0.4, -0.2) is 22.6 Å². The molecule has 1 heterocycles. The summed E-state index contributed by atoms with van der Waals surface area (Å²) in [6.45, 7) is 8.99. The summed E-state index contributed by atoms with van der Waals surface area (Å²) in [5.41, 5.74) is 2.81. The highest BCUT2D eigenvalue weighted by Gasteiger charge is 2.12. The van der Waals surface area contributed by atoms with Crippen molar-refractivity contribution < 1.29 is 9.32 Å². The molecule has 1 amide bonds. The van der Waals surface area contributed by atoms with E-state index in [4.69, 9.17) is 4.52 Å². The van der Waals surface area contributed by atoms with E-state index in [1.807, 2.05) is 0 Å². The van der Waals surface area contributed by atoms with Crippen molar-refractivity contribution >= 4 is 5.91 Å². The fourth-order valence-corrected chi connectivity index (χ4v) is 2.31. The maximum atomic E-state index is 11.8. The van der Waals surface area contributed by atoms with Crippen molar-refractivity contribution in [2.45, 2.75) is 52.4 Å². The molecule has 1 N–H and O–H groups in total. The molecule has 1 aromatic heterocycles. The smallest absolute Gasteiger partial charge is 0.227 e. The van der Waals surface area contributed by atoms with E-state index < -0.39 is 0 Å². The number of aryl methyl sites for hydroxylation is 2. The van der Waals surface area contributed by atoms with Gasteiger partial charge >= 0.3 is 0 Å². The molecule has 2 aromatic rings. The zero-order valence-electron chi connectivity index (χ0n) is 14.3. The number of hydrogen-bond acceptors (Lipinski definition) is 4. The molecule has 1 aromatic carbocycles. The molecular formula is C18H25N3O2. The van der Waals surface area contributed by atoms with Crippen molar-refractivity contribution in [3.05, 3.63) is 47.1 Å². The largest absolute Gasteiger partial charge is 0.356 e. The fraction of sp³-hybridized carbons (Fsp3) is 0.500. The quantitative estimate of drug-likeness (QED) is 0.832. The molecule has 0 saturated carbocycles. The van der Waals surface area contributed by atoms with Crippen LogP contribution in [0.2, 0.25) is 0 Å². The summed E-state index contributed by atoms with van der Waals surface area (Å²) in [6, 6.07) is 8.72. The van der Waals surface area contributed by atoms with Crippen molar-refractivity contribution in [3.8, 4) is 0 Å². The number of benzene rings is 1. The molecule has 0 aliphatic heterocycles. The third-order valence-corrected chi connectivity index (χ3v) is 3.67. The molecule has 5 nitrogen and oxygen atoms in total. The SMILES string of the molecule is Cc1nc(CC(=O)NCCCc2ccc(C(C)(C)C)cc2)no1. The summed E-state index contributed by atoms with van der Waals surface area (Å²) in [5, 5.41) is 6.60. The number of carbonyl (C=O) groups excluding carboxylic acids is 1. The lowest BCUT2D eigenvalue weighted by Crippen LogP contribution is -2.26. The van der Waals surface area contributed by atoms with Crippen LogP contribution in [-0.2, 0) is 23.1 Å². The van der Waals surface area contributed by atoms with Crippen LogP contribution in [0.15, 0.2) is 28.8 Å². The average Bonchev–Trinajstić information content (AvgIpc) is 2.88. The first-order valence-corrected chi connectivity index (χ1v) is 8.00. The summed E-state index contributed by atoms with van der Waals surface area (Å²) in [5.74, 6) is 0.832. The maximum Gasteiger partial charge on any atom is 0.227 e. The van der Waals surface area contributed by atoms with Gasteiger partial charge in [0.25, 0.3) is 0 Å². The Morgan fingerprint density at radius 1 is 1.22 bits per heavy atom. The van der Waals surface area contributed by atoms with Crippen LogP contribution in [0.3, 0.4) is 0 Å². The number of amides is 1. The minimum absolute atomic E-state index is 0.0751. The predicted octanol–water partition coefficient (Wildman–Crippen LogP) is 2.97. The van der Waals surface area contributed by atoms with E-state index in [1.165, 1.54) is 11.1 Å². The molecule has 0 fully saturated rings. The highest BCUT2D eigenvalue weighted by molar-refractivity contribution is 5.77. The van der Waals surface area contributed by atoms with Crippen LogP contribution in [0.1, 0.15) is 50.0 Å². The first kappa shape index (κ1) is 17.2. The standard InChI is InChI=1S/C18H25N3O2/c1-13-20-16(21-23-13)12-17(22)19-11-5-6-14-7-9-15(10-8-14)18(2,3)4/h7-10H,5-6,11-12H2,1-4H3,(H,19,22). The van der Waals surface area contributed by atoms with E-state index in [9.17, 15) is 4.79 Å². The minimum atomic E-state index is -0.0751.